The molecule has 0 bridgehead atoms. The van der Waals surface area contributed by atoms with Crippen molar-refractivity contribution in [3.05, 3.63) is 82.7 Å². The van der Waals surface area contributed by atoms with E-state index in [4.69, 9.17) is 4.74 Å². The molecule has 1 aliphatic carbocycles. The molecule has 0 atom stereocenters. The lowest BCUT2D eigenvalue weighted by Crippen LogP contribution is -2.25. The van der Waals surface area contributed by atoms with E-state index in [1.807, 2.05) is 0 Å². The van der Waals surface area contributed by atoms with Gasteiger partial charge in [0.2, 0.25) is 0 Å². The fourth-order valence-electron chi connectivity index (χ4n) is 5.38. The lowest BCUT2D eigenvalue weighted by molar-refractivity contribution is -0.189. The summed E-state index contributed by atoms with van der Waals surface area (Å²) in [6, 6.07) is 6.15. The van der Waals surface area contributed by atoms with Gasteiger partial charge in [0, 0.05) is 24.1 Å². The third kappa shape index (κ3) is 7.13. The van der Waals surface area contributed by atoms with Crippen LogP contribution < -0.4 is 9.47 Å². The van der Waals surface area contributed by atoms with Crippen molar-refractivity contribution in [3.8, 4) is 22.6 Å². The quantitative estimate of drug-likeness (QED) is 0.164. The Morgan fingerprint density at radius 3 is 2.00 bits per heavy atom. The second kappa shape index (κ2) is 13.1. The molecule has 0 amide bonds. The molecule has 41 heavy (non-hydrogen) atoms. The van der Waals surface area contributed by atoms with Gasteiger partial charge in [-0.25, -0.2) is 22.0 Å². The standard InChI is InChI=1S/C31H30F8O2/c1-2-4-18-5-7-19(8-6-18)20-9-10-23(24(33)13-20)21-14-25(34)29(26(35)15-21)31(38,39)41-22-16-27(36)30(28(37)17-22)40-12-3-11-32/h9-10,13-19H,2-8,11-12H2,1H3. The fourth-order valence-corrected chi connectivity index (χ4v) is 5.38. The third-order valence-corrected chi connectivity index (χ3v) is 7.39. The molecule has 0 N–H and O–H groups in total. The van der Waals surface area contributed by atoms with Crippen LogP contribution in [0.3, 0.4) is 0 Å². The van der Waals surface area contributed by atoms with Gasteiger partial charge in [0.15, 0.2) is 17.4 Å². The molecule has 0 radical (unpaired) electrons. The second-order valence-electron chi connectivity index (χ2n) is 10.3. The Kier molecular flexibility index (Phi) is 9.81. The van der Waals surface area contributed by atoms with Crippen molar-refractivity contribution in [3.63, 3.8) is 0 Å². The molecule has 0 saturated heterocycles. The van der Waals surface area contributed by atoms with Crippen LogP contribution in [0.4, 0.5) is 35.1 Å². The molecule has 3 aromatic carbocycles. The third-order valence-electron chi connectivity index (χ3n) is 7.39. The molecule has 0 unspecified atom stereocenters. The number of halogens is 8. The van der Waals surface area contributed by atoms with Crippen molar-refractivity contribution in [2.45, 2.75) is 63.9 Å². The predicted molar refractivity (Wildman–Crippen MR) is 138 cm³/mol. The van der Waals surface area contributed by atoms with E-state index < -0.39 is 58.9 Å². The topological polar surface area (TPSA) is 18.5 Å². The Hall–Kier alpha value is -3.30. The second-order valence-corrected chi connectivity index (χ2v) is 10.3. The number of benzene rings is 3. The molecule has 0 aromatic heterocycles. The van der Waals surface area contributed by atoms with Crippen LogP contribution in [0.5, 0.6) is 11.5 Å². The molecule has 10 heteroatoms. The van der Waals surface area contributed by atoms with Crippen LogP contribution in [0.15, 0.2) is 42.5 Å². The van der Waals surface area contributed by atoms with E-state index in [0.717, 1.165) is 44.1 Å². The van der Waals surface area contributed by atoms with Crippen LogP contribution in [0.25, 0.3) is 11.1 Å². The van der Waals surface area contributed by atoms with Gasteiger partial charge < -0.3 is 9.47 Å². The summed E-state index contributed by atoms with van der Waals surface area (Å²) >= 11 is 0. The summed E-state index contributed by atoms with van der Waals surface area (Å²) in [5.74, 6) is -8.26. The van der Waals surface area contributed by atoms with Crippen LogP contribution >= 0.6 is 0 Å². The van der Waals surface area contributed by atoms with Crippen molar-refractivity contribution in [1.82, 2.24) is 0 Å². The first-order valence-corrected chi connectivity index (χ1v) is 13.6. The maximum atomic E-state index is 15.1. The van der Waals surface area contributed by atoms with Gasteiger partial charge in [-0.3, -0.25) is 4.39 Å². The van der Waals surface area contributed by atoms with Crippen molar-refractivity contribution < 1.29 is 44.6 Å². The van der Waals surface area contributed by atoms with Gasteiger partial charge in [-0.05, 0) is 66.8 Å². The van der Waals surface area contributed by atoms with Gasteiger partial charge in [-0.2, -0.15) is 8.78 Å². The number of ether oxygens (including phenoxy) is 2. The van der Waals surface area contributed by atoms with Gasteiger partial charge in [-0.1, -0.05) is 31.9 Å². The molecule has 1 fully saturated rings. The maximum Gasteiger partial charge on any atom is 0.432 e. The van der Waals surface area contributed by atoms with Gasteiger partial charge in [-0.15, -0.1) is 0 Å². The Bertz CT molecular complexity index is 1310. The zero-order valence-corrected chi connectivity index (χ0v) is 22.4. The molecule has 0 spiro atoms. The molecule has 1 aliphatic rings. The highest BCUT2D eigenvalue weighted by atomic mass is 19.3. The minimum absolute atomic E-state index is 0.155. The Labute approximate surface area is 233 Å². The Balaban J connectivity index is 1.53. The summed E-state index contributed by atoms with van der Waals surface area (Å²) in [6.07, 6.45) is 1.36. The highest BCUT2D eigenvalue weighted by Crippen LogP contribution is 2.41. The molecule has 0 heterocycles. The van der Waals surface area contributed by atoms with E-state index in [1.54, 1.807) is 6.07 Å². The van der Waals surface area contributed by atoms with Gasteiger partial charge in [0.25, 0.3) is 0 Å². The van der Waals surface area contributed by atoms with Crippen LogP contribution in [-0.2, 0) is 6.11 Å². The van der Waals surface area contributed by atoms with Crippen molar-refractivity contribution in [1.29, 1.82) is 0 Å². The average Bonchev–Trinajstić information content (AvgIpc) is 2.90. The molecule has 1 saturated carbocycles. The molecule has 3 aromatic rings. The van der Waals surface area contributed by atoms with E-state index in [2.05, 4.69) is 11.7 Å². The summed E-state index contributed by atoms with van der Waals surface area (Å²) in [6.45, 7) is 0.973. The molecule has 4 rings (SSSR count). The Morgan fingerprint density at radius 1 is 0.805 bits per heavy atom. The van der Waals surface area contributed by atoms with Gasteiger partial charge >= 0.3 is 6.11 Å². The number of alkyl halides is 3. The summed E-state index contributed by atoms with van der Waals surface area (Å²) in [5, 5.41) is 0. The SMILES string of the molecule is CCCC1CCC(c2ccc(-c3cc(F)c(C(F)(F)Oc4cc(F)c(OCCCF)c(F)c4)c(F)c3)c(F)c2)CC1. The summed E-state index contributed by atoms with van der Waals surface area (Å²) in [5.41, 5.74) is -1.51. The Morgan fingerprint density at radius 2 is 1.44 bits per heavy atom. The van der Waals surface area contributed by atoms with Crippen molar-refractivity contribution >= 4 is 0 Å². The maximum absolute atomic E-state index is 15.1. The summed E-state index contributed by atoms with van der Waals surface area (Å²) < 4.78 is 124. The van der Waals surface area contributed by atoms with E-state index in [0.29, 0.717) is 30.2 Å². The molecule has 222 valence electrons. The fraction of sp³-hybridized carbons (Fsp3) is 0.419. The first kappa shape index (κ1) is 30.7. The number of hydrogen-bond acceptors (Lipinski definition) is 2. The molecule has 2 nitrogen and oxygen atoms in total. The van der Waals surface area contributed by atoms with Crippen LogP contribution in [0, 0.1) is 35.0 Å². The molecular formula is C31H30F8O2. The van der Waals surface area contributed by atoms with Crippen molar-refractivity contribution in [2.75, 3.05) is 13.3 Å². The smallest absolute Gasteiger partial charge is 0.432 e. The number of hydrogen-bond donors (Lipinski definition) is 0. The minimum atomic E-state index is -4.69. The van der Waals surface area contributed by atoms with E-state index >= 15 is 4.39 Å². The van der Waals surface area contributed by atoms with E-state index in [-0.39, 0.29) is 30.1 Å². The molecular weight excluding hydrogens is 556 g/mol. The normalized spacial score (nSPS) is 17.5. The lowest BCUT2D eigenvalue weighted by atomic mass is 9.77. The minimum Gasteiger partial charge on any atom is -0.488 e. The first-order valence-electron chi connectivity index (χ1n) is 13.6. The zero-order valence-electron chi connectivity index (χ0n) is 22.4. The first-order chi connectivity index (χ1) is 19.5. The van der Waals surface area contributed by atoms with Crippen LogP contribution in [0.1, 0.15) is 68.9 Å². The van der Waals surface area contributed by atoms with Gasteiger partial charge in [0.1, 0.15) is 28.8 Å². The van der Waals surface area contributed by atoms with Crippen LogP contribution in [-0.4, -0.2) is 13.3 Å². The number of rotatable bonds is 11. The highest BCUT2D eigenvalue weighted by Gasteiger charge is 2.41. The average molecular weight is 587 g/mol. The zero-order chi connectivity index (χ0) is 29.7. The van der Waals surface area contributed by atoms with Crippen LogP contribution in [0.2, 0.25) is 0 Å². The van der Waals surface area contributed by atoms with E-state index in [1.165, 1.54) is 12.1 Å². The lowest BCUT2D eigenvalue weighted by Gasteiger charge is -2.28. The monoisotopic (exact) mass is 586 g/mol. The largest absolute Gasteiger partial charge is 0.488 e. The summed E-state index contributed by atoms with van der Waals surface area (Å²) in [4.78, 5) is 0. The van der Waals surface area contributed by atoms with E-state index in [9.17, 15) is 30.7 Å². The van der Waals surface area contributed by atoms with Gasteiger partial charge in [0.05, 0.1) is 13.3 Å². The highest BCUT2D eigenvalue weighted by molar-refractivity contribution is 5.65. The summed E-state index contributed by atoms with van der Waals surface area (Å²) in [7, 11) is 0. The van der Waals surface area contributed by atoms with Crippen molar-refractivity contribution in [2.24, 2.45) is 5.92 Å². The molecule has 0 aliphatic heterocycles. The predicted octanol–water partition coefficient (Wildman–Crippen LogP) is 9.99.